The molecule has 1 unspecified atom stereocenters. The number of nitro benzene ring substituents is 1. The van der Waals surface area contributed by atoms with Crippen molar-refractivity contribution in [1.29, 1.82) is 0 Å². The van der Waals surface area contributed by atoms with Crippen molar-refractivity contribution in [3.8, 4) is 0 Å². The fourth-order valence-electron chi connectivity index (χ4n) is 2.56. The summed E-state index contributed by atoms with van der Waals surface area (Å²) in [6.07, 6.45) is 1.03. The maximum Gasteiger partial charge on any atom is 0.329 e. The van der Waals surface area contributed by atoms with Crippen LogP contribution in [0.1, 0.15) is 19.8 Å². The van der Waals surface area contributed by atoms with Crippen molar-refractivity contribution in [1.82, 2.24) is 4.90 Å². The van der Waals surface area contributed by atoms with Crippen molar-refractivity contribution in [2.75, 3.05) is 12.3 Å². The normalized spacial score (nSPS) is 20.5. The molecule has 0 spiro atoms. The lowest BCUT2D eigenvalue weighted by molar-refractivity contribution is -0.387. The van der Waals surface area contributed by atoms with Gasteiger partial charge < -0.3 is 10.0 Å². The third-order valence-electron chi connectivity index (χ3n) is 3.87. The molecule has 2 rings (SSSR count). The molecule has 1 N–H and O–H groups in total. The molecule has 1 atom stereocenters. The molecule has 1 aromatic rings. The van der Waals surface area contributed by atoms with E-state index in [2.05, 4.69) is 0 Å². The van der Waals surface area contributed by atoms with E-state index in [1.54, 1.807) is 0 Å². The number of carboxylic acids is 1. The maximum atomic E-state index is 12.3. The molecule has 23 heavy (non-hydrogen) atoms. The van der Waals surface area contributed by atoms with Crippen LogP contribution in [-0.2, 0) is 9.59 Å². The molecular formula is C14H15ClN2O5S. The largest absolute Gasteiger partial charge is 0.480 e. The van der Waals surface area contributed by atoms with Crippen LogP contribution in [0.4, 0.5) is 5.69 Å². The van der Waals surface area contributed by atoms with Crippen molar-refractivity contribution in [3.05, 3.63) is 33.3 Å². The highest BCUT2D eigenvalue weighted by Crippen LogP contribution is 2.34. The van der Waals surface area contributed by atoms with Crippen molar-refractivity contribution < 1.29 is 19.6 Å². The van der Waals surface area contributed by atoms with Crippen LogP contribution in [0.15, 0.2) is 23.1 Å². The average Bonchev–Trinajstić information content (AvgIpc) is 2.89. The maximum absolute atomic E-state index is 12.3. The number of rotatable bonds is 5. The number of hydrogen-bond donors (Lipinski definition) is 1. The van der Waals surface area contributed by atoms with Crippen LogP contribution < -0.4 is 0 Å². The summed E-state index contributed by atoms with van der Waals surface area (Å²) >= 11 is 6.75. The fourth-order valence-corrected chi connectivity index (χ4v) is 3.60. The van der Waals surface area contributed by atoms with Gasteiger partial charge in [0.2, 0.25) is 5.91 Å². The van der Waals surface area contributed by atoms with Crippen LogP contribution in [0.3, 0.4) is 0 Å². The number of benzene rings is 1. The highest BCUT2D eigenvalue weighted by molar-refractivity contribution is 8.00. The molecule has 1 amide bonds. The third kappa shape index (κ3) is 3.59. The Labute approximate surface area is 141 Å². The summed E-state index contributed by atoms with van der Waals surface area (Å²) in [6, 6.07) is 4.23. The molecule has 1 aliphatic rings. The molecule has 1 aromatic carbocycles. The molecule has 124 valence electrons. The number of carbonyl (C=O) groups excluding carboxylic acids is 1. The summed E-state index contributed by atoms with van der Waals surface area (Å²) in [4.78, 5) is 35.9. The minimum absolute atomic E-state index is 0.0641. The first kappa shape index (κ1) is 17.6. The average molecular weight is 359 g/mol. The molecule has 9 heteroatoms. The van der Waals surface area contributed by atoms with Crippen LogP contribution in [0, 0.1) is 10.1 Å². The zero-order valence-corrected chi connectivity index (χ0v) is 13.9. The number of likely N-dealkylation sites (tertiary alicyclic amines) is 1. The minimum atomic E-state index is -1.20. The summed E-state index contributed by atoms with van der Waals surface area (Å²) < 4.78 is 0. The van der Waals surface area contributed by atoms with Gasteiger partial charge in [0.25, 0.3) is 5.69 Å². The van der Waals surface area contributed by atoms with E-state index in [1.807, 2.05) is 0 Å². The van der Waals surface area contributed by atoms with Gasteiger partial charge in [0.05, 0.1) is 15.6 Å². The molecule has 0 bridgehead atoms. The number of nitro groups is 1. The van der Waals surface area contributed by atoms with E-state index in [0.717, 1.165) is 11.8 Å². The molecular weight excluding hydrogens is 344 g/mol. The SMILES string of the molecule is CC1(C(=O)O)CCCN1C(=O)CSc1ccc(Cl)cc1[N+](=O)[O-]. The van der Waals surface area contributed by atoms with Crippen LogP contribution in [-0.4, -0.2) is 44.6 Å². The van der Waals surface area contributed by atoms with E-state index in [1.165, 1.54) is 30.0 Å². The van der Waals surface area contributed by atoms with Crippen molar-refractivity contribution >= 4 is 40.9 Å². The van der Waals surface area contributed by atoms with Gasteiger partial charge in [0, 0.05) is 17.6 Å². The quantitative estimate of drug-likeness (QED) is 0.493. The highest BCUT2D eigenvalue weighted by Gasteiger charge is 2.45. The number of hydrogen-bond acceptors (Lipinski definition) is 5. The molecule has 1 aliphatic heterocycles. The van der Waals surface area contributed by atoms with Crippen molar-refractivity contribution in [2.45, 2.75) is 30.2 Å². The molecule has 0 aromatic heterocycles. The molecule has 1 fully saturated rings. The van der Waals surface area contributed by atoms with Gasteiger partial charge in [-0.1, -0.05) is 11.6 Å². The lowest BCUT2D eigenvalue weighted by atomic mass is 9.99. The zero-order valence-electron chi connectivity index (χ0n) is 12.3. The Bertz CT molecular complexity index is 669. The Kier molecular flexibility index (Phi) is 5.16. The Morgan fingerprint density at radius 1 is 1.52 bits per heavy atom. The fraction of sp³-hybridized carbons (Fsp3) is 0.429. The lowest BCUT2D eigenvalue weighted by Gasteiger charge is -2.31. The number of aliphatic carboxylic acids is 1. The van der Waals surface area contributed by atoms with Gasteiger partial charge in [-0.3, -0.25) is 14.9 Å². The molecule has 1 heterocycles. The van der Waals surface area contributed by atoms with E-state index < -0.39 is 16.4 Å². The number of carbonyl (C=O) groups is 2. The predicted octanol–water partition coefficient (Wildman–Crippen LogP) is 2.81. The van der Waals surface area contributed by atoms with Crippen LogP contribution in [0.2, 0.25) is 5.02 Å². The van der Waals surface area contributed by atoms with Gasteiger partial charge in [-0.15, -0.1) is 11.8 Å². The highest BCUT2D eigenvalue weighted by atomic mass is 35.5. The Hall–Kier alpha value is -1.80. The van der Waals surface area contributed by atoms with E-state index in [9.17, 15) is 24.8 Å². The van der Waals surface area contributed by atoms with Crippen LogP contribution in [0.5, 0.6) is 0 Å². The predicted molar refractivity (Wildman–Crippen MR) is 85.8 cm³/mol. The van der Waals surface area contributed by atoms with E-state index >= 15 is 0 Å². The third-order valence-corrected chi connectivity index (χ3v) is 5.15. The standard InChI is InChI=1S/C14H15ClN2O5S/c1-14(13(19)20)5-2-6-16(14)12(18)8-23-11-4-3-9(15)7-10(11)17(21)22/h3-4,7H,2,5-6,8H2,1H3,(H,19,20). The van der Waals surface area contributed by atoms with Gasteiger partial charge >= 0.3 is 5.97 Å². The Balaban J connectivity index is 2.11. The molecule has 0 radical (unpaired) electrons. The number of nitrogens with zero attached hydrogens (tertiary/aromatic N) is 2. The van der Waals surface area contributed by atoms with Gasteiger partial charge in [-0.2, -0.15) is 0 Å². The van der Waals surface area contributed by atoms with E-state index in [-0.39, 0.29) is 22.4 Å². The van der Waals surface area contributed by atoms with Gasteiger partial charge in [0.15, 0.2) is 0 Å². The Morgan fingerprint density at radius 3 is 2.83 bits per heavy atom. The second kappa shape index (κ2) is 6.76. The van der Waals surface area contributed by atoms with Gasteiger partial charge in [-0.25, -0.2) is 4.79 Å². The molecule has 0 saturated carbocycles. The second-order valence-corrected chi connectivity index (χ2v) is 6.84. The number of carboxylic acid groups (broad SMARTS) is 1. The van der Waals surface area contributed by atoms with E-state index in [4.69, 9.17) is 11.6 Å². The summed E-state index contributed by atoms with van der Waals surface area (Å²) in [5.41, 5.74) is -1.37. The first-order valence-corrected chi connectivity index (χ1v) is 8.22. The number of amides is 1. The number of thioether (sulfide) groups is 1. The smallest absolute Gasteiger partial charge is 0.329 e. The zero-order chi connectivity index (χ0) is 17.2. The monoisotopic (exact) mass is 358 g/mol. The summed E-state index contributed by atoms with van der Waals surface area (Å²) in [5, 5.41) is 20.6. The topological polar surface area (TPSA) is 101 Å². The molecule has 7 nitrogen and oxygen atoms in total. The Morgan fingerprint density at radius 2 is 2.22 bits per heavy atom. The minimum Gasteiger partial charge on any atom is -0.480 e. The summed E-state index contributed by atoms with van der Waals surface area (Å²) in [7, 11) is 0. The van der Waals surface area contributed by atoms with E-state index in [0.29, 0.717) is 24.3 Å². The molecule has 1 saturated heterocycles. The first-order chi connectivity index (χ1) is 10.8. The first-order valence-electron chi connectivity index (χ1n) is 6.86. The van der Waals surface area contributed by atoms with Crippen molar-refractivity contribution in [2.24, 2.45) is 0 Å². The second-order valence-electron chi connectivity index (χ2n) is 5.39. The summed E-state index contributed by atoms with van der Waals surface area (Å²) in [6.45, 7) is 1.90. The van der Waals surface area contributed by atoms with Crippen LogP contribution in [0.25, 0.3) is 0 Å². The van der Waals surface area contributed by atoms with Crippen molar-refractivity contribution in [3.63, 3.8) is 0 Å². The lowest BCUT2D eigenvalue weighted by Crippen LogP contribution is -2.51. The number of halogens is 1. The van der Waals surface area contributed by atoms with Gasteiger partial charge in [0.1, 0.15) is 5.54 Å². The van der Waals surface area contributed by atoms with Crippen LogP contribution >= 0.6 is 23.4 Å². The summed E-state index contributed by atoms with van der Waals surface area (Å²) in [5.74, 6) is -1.45. The van der Waals surface area contributed by atoms with Gasteiger partial charge in [-0.05, 0) is 31.9 Å². The molecule has 0 aliphatic carbocycles.